The molecular weight excluding hydrogens is 151 g/mol. The van der Waals surface area contributed by atoms with Gasteiger partial charge in [0.2, 0.25) is 0 Å². The van der Waals surface area contributed by atoms with Gasteiger partial charge in [0, 0.05) is 12.4 Å². The fourth-order valence-electron chi connectivity index (χ4n) is 0.619. The second-order valence-electron chi connectivity index (χ2n) is 2.19. The Kier molecular flexibility index (Phi) is 12.8. The monoisotopic (exact) mass is 164 g/mol. The standard InChI is InChI=1S/C8H14O2.Na/c1-2-3-4-5-6-7-8(9)10;/h5-6H,2-4,7H2,1H3,(H,9,10);/q;+1/p-1. The SMILES string of the molecule is CCCCC=CCC(=O)[O-].[Na+]. The summed E-state index contributed by atoms with van der Waals surface area (Å²) in [6.45, 7) is 2.10. The van der Waals surface area contributed by atoms with Crippen LogP contribution in [0, 0.1) is 0 Å². The molecule has 0 N–H and O–H groups in total. The van der Waals surface area contributed by atoms with Gasteiger partial charge in [0.25, 0.3) is 0 Å². The van der Waals surface area contributed by atoms with E-state index >= 15 is 0 Å². The maximum atomic E-state index is 9.87. The van der Waals surface area contributed by atoms with Gasteiger partial charge in [-0.15, -0.1) is 0 Å². The number of carboxylic acid groups (broad SMARTS) is 1. The van der Waals surface area contributed by atoms with Gasteiger partial charge in [-0.25, -0.2) is 0 Å². The molecule has 0 saturated heterocycles. The molecule has 58 valence electrons. The normalized spacial score (nSPS) is 9.55. The van der Waals surface area contributed by atoms with Crippen LogP contribution in [-0.4, -0.2) is 5.97 Å². The fraction of sp³-hybridized carbons (Fsp3) is 0.625. The van der Waals surface area contributed by atoms with E-state index in [1.165, 1.54) is 0 Å². The minimum atomic E-state index is -1.01. The van der Waals surface area contributed by atoms with Crippen molar-refractivity contribution in [1.82, 2.24) is 0 Å². The molecule has 0 spiro atoms. The summed E-state index contributed by atoms with van der Waals surface area (Å²) in [5, 5.41) is 9.87. The summed E-state index contributed by atoms with van der Waals surface area (Å²) in [5.41, 5.74) is 0. The van der Waals surface area contributed by atoms with Gasteiger partial charge in [0.15, 0.2) is 0 Å². The van der Waals surface area contributed by atoms with E-state index in [1.54, 1.807) is 6.08 Å². The molecule has 2 nitrogen and oxygen atoms in total. The third-order valence-corrected chi connectivity index (χ3v) is 1.18. The van der Waals surface area contributed by atoms with Crippen LogP contribution in [0.25, 0.3) is 0 Å². The Morgan fingerprint density at radius 2 is 2.09 bits per heavy atom. The number of carboxylic acids is 1. The molecule has 0 aromatic rings. The summed E-state index contributed by atoms with van der Waals surface area (Å²) in [5.74, 6) is -1.01. The van der Waals surface area contributed by atoms with Crippen molar-refractivity contribution in [3.05, 3.63) is 12.2 Å². The molecule has 0 amide bonds. The average molecular weight is 164 g/mol. The summed E-state index contributed by atoms with van der Waals surface area (Å²) in [6.07, 6.45) is 6.83. The zero-order valence-electron chi connectivity index (χ0n) is 7.30. The molecule has 11 heavy (non-hydrogen) atoms. The number of rotatable bonds is 5. The van der Waals surface area contributed by atoms with Crippen molar-refractivity contribution < 1.29 is 39.5 Å². The molecule has 0 atom stereocenters. The van der Waals surface area contributed by atoms with E-state index in [4.69, 9.17) is 0 Å². The number of hydrogen-bond donors (Lipinski definition) is 0. The zero-order chi connectivity index (χ0) is 7.82. The quantitative estimate of drug-likeness (QED) is 0.265. The predicted octanol–water partition coefficient (Wildman–Crippen LogP) is -2.12. The average Bonchev–Trinajstić information content (AvgIpc) is 1.87. The van der Waals surface area contributed by atoms with Crippen molar-refractivity contribution in [2.45, 2.75) is 32.6 Å². The van der Waals surface area contributed by atoms with E-state index in [9.17, 15) is 9.90 Å². The molecule has 0 aliphatic heterocycles. The largest absolute Gasteiger partial charge is 1.00 e. The minimum Gasteiger partial charge on any atom is -0.550 e. The van der Waals surface area contributed by atoms with Crippen molar-refractivity contribution in [2.24, 2.45) is 0 Å². The van der Waals surface area contributed by atoms with Crippen LogP contribution in [0.5, 0.6) is 0 Å². The molecule has 0 radical (unpaired) electrons. The third-order valence-electron chi connectivity index (χ3n) is 1.18. The molecule has 0 saturated carbocycles. The molecule has 0 aromatic heterocycles. The Morgan fingerprint density at radius 1 is 1.45 bits per heavy atom. The first-order valence-electron chi connectivity index (χ1n) is 3.62. The van der Waals surface area contributed by atoms with Gasteiger partial charge in [-0.1, -0.05) is 31.9 Å². The summed E-state index contributed by atoms with van der Waals surface area (Å²) < 4.78 is 0. The molecule has 0 fully saturated rings. The number of unbranched alkanes of at least 4 members (excludes halogenated alkanes) is 2. The topological polar surface area (TPSA) is 40.1 Å². The van der Waals surface area contributed by atoms with Crippen LogP contribution < -0.4 is 34.7 Å². The van der Waals surface area contributed by atoms with E-state index in [1.807, 2.05) is 6.08 Å². The molecule has 0 aliphatic carbocycles. The Morgan fingerprint density at radius 3 is 2.55 bits per heavy atom. The van der Waals surface area contributed by atoms with Crippen LogP contribution >= 0.6 is 0 Å². The minimum absolute atomic E-state index is 0. The second-order valence-corrected chi connectivity index (χ2v) is 2.19. The van der Waals surface area contributed by atoms with Crippen LogP contribution in [-0.2, 0) is 4.79 Å². The van der Waals surface area contributed by atoms with Crippen molar-refractivity contribution in [2.75, 3.05) is 0 Å². The zero-order valence-corrected chi connectivity index (χ0v) is 9.30. The smallest absolute Gasteiger partial charge is 0.550 e. The molecule has 0 aliphatic rings. The first-order chi connectivity index (χ1) is 4.77. The number of carbonyl (C=O) groups excluding carboxylic acids is 1. The number of allylic oxidation sites excluding steroid dienone is 1. The fourth-order valence-corrected chi connectivity index (χ4v) is 0.619. The molecule has 3 heteroatoms. The van der Waals surface area contributed by atoms with E-state index in [0.29, 0.717) is 0 Å². The Bertz CT molecular complexity index is 121. The second kappa shape index (κ2) is 10.2. The van der Waals surface area contributed by atoms with E-state index < -0.39 is 5.97 Å². The number of aliphatic carboxylic acids is 1. The van der Waals surface area contributed by atoms with Crippen molar-refractivity contribution in [3.8, 4) is 0 Å². The van der Waals surface area contributed by atoms with Crippen LogP contribution in [0.4, 0.5) is 0 Å². The van der Waals surface area contributed by atoms with E-state index in [2.05, 4.69) is 6.92 Å². The summed E-state index contributed by atoms with van der Waals surface area (Å²) in [4.78, 5) is 9.87. The molecule has 0 heterocycles. The maximum Gasteiger partial charge on any atom is 1.00 e. The summed E-state index contributed by atoms with van der Waals surface area (Å²) >= 11 is 0. The Balaban J connectivity index is 0. The first-order valence-corrected chi connectivity index (χ1v) is 3.62. The maximum absolute atomic E-state index is 9.87. The number of carbonyl (C=O) groups is 1. The van der Waals surface area contributed by atoms with Gasteiger partial charge in [0.1, 0.15) is 0 Å². The molecule has 0 rings (SSSR count). The van der Waals surface area contributed by atoms with Gasteiger partial charge in [-0.3, -0.25) is 0 Å². The Labute approximate surface area is 90.0 Å². The predicted molar refractivity (Wildman–Crippen MR) is 38.3 cm³/mol. The van der Waals surface area contributed by atoms with Gasteiger partial charge >= 0.3 is 29.6 Å². The van der Waals surface area contributed by atoms with Crippen LogP contribution in [0.2, 0.25) is 0 Å². The van der Waals surface area contributed by atoms with Gasteiger partial charge in [-0.2, -0.15) is 0 Å². The Hall–Kier alpha value is 0.210. The van der Waals surface area contributed by atoms with E-state index in [0.717, 1.165) is 19.3 Å². The molecular formula is C8H13NaO2. The summed E-state index contributed by atoms with van der Waals surface area (Å²) in [6, 6.07) is 0. The van der Waals surface area contributed by atoms with Crippen molar-refractivity contribution in [1.29, 1.82) is 0 Å². The van der Waals surface area contributed by atoms with E-state index in [-0.39, 0.29) is 36.0 Å². The molecule has 0 unspecified atom stereocenters. The van der Waals surface area contributed by atoms with Crippen molar-refractivity contribution >= 4 is 5.97 Å². The third kappa shape index (κ3) is 13.2. The molecule has 0 bridgehead atoms. The van der Waals surface area contributed by atoms with Crippen molar-refractivity contribution in [3.63, 3.8) is 0 Å². The molecule has 0 aromatic carbocycles. The van der Waals surface area contributed by atoms with Gasteiger partial charge < -0.3 is 9.90 Å². The number of hydrogen-bond acceptors (Lipinski definition) is 2. The van der Waals surface area contributed by atoms with Gasteiger partial charge in [-0.05, 0) is 6.42 Å². The van der Waals surface area contributed by atoms with Crippen LogP contribution in [0.15, 0.2) is 12.2 Å². The van der Waals surface area contributed by atoms with Crippen LogP contribution in [0.1, 0.15) is 32.6 Å². The summed E-state index contributed by atoms with van der Waals surface area (Å²) in [7, 11) is 0. The van der Waals surface area contributed by atoms with Crippen LogP contribution in [0.3, 0.4) is 0 Å². The first kappa shape index (κ1) is 13.8. The van der Waals surface area contributed by atoms with Gasteiger partial charge in [0.05, 0.1) is 0 Å².